The molecule has 0 heterocycles. The van der Waals surface area contributed by atoms with E-state index in [-0.39, 0.29) is 5.69 Å². The van der Waals surface area contributed by atoms with Gasteiger partial charge in [-0.25, -0.2) is 8.78 Å². The Morgan fingerprint density at radius 2 is 1.62 bits per heavy atom. The molecule has 0 unspecified atom stereocenters. The van der Waals surface area contributed by atoms with Crippen LogP contribution in [0.25, 0.3) is 0 Å². The Hall–Kier alpha value is -2.96. The van der Waals surface area contributed by atoms with E-state index in [2.05, 4.69) is 10.6 Å². The molecule has 2 aromatic carbocycles. The van der Waals surface area contributed by atoms with Crippen LogP contribution in [0.15, 0.2) is 42.5 Å². The van der Waals surface area contributed by atoms with Crippen molar-refractivity contribution in [2.75, 3.05) is 17.2 Å². The number of anilines is 2. The lowest BCUT2D eigenvalue weighted by Crippen LogP contribution is -2.41. The minimum atomic E-state index is -1.51. The second kappa shape index (κ2) is 7.95. The normalized spacial score (nSPS) is 11.0. The number of nitrogens with one attached hydrogen (secondary N) is 2. The molecule has 5 nitrogen and oxygen atoms in total. The first kappa shape index (κ1) is 19.4. The minimum Gasteiger partial charge on any atom is -0.492 e. The van der Waals surface area contributed by atoms with Crippen LogP contribution in [0.4, 0.5) is 20.2 Å². The van der Waals surface area contributed by atoms with Crippen molar-refractivity contribution in [3.8, 4) is 5.75 Å². The average Bonchev–Trinajstić information content (AvgIpc) is 2.59. The fourth-order valence-corrected chi connectivity index (χ4v) is 2.10. The van der Waals surface area contributed by atoms with E-state index >= 15 is 0 Å². The van der Waals surface area contributed by atoms with Gasteiger partial charge in [0, 0.05) is 6.07 Å². The van der Waals surface area contributed by atoms with Gasteiger partial charge in [-0.1, -0.05) is 12.1 Å². The molecule has 0 spiro atoms. The summed E-state index contributed by atoms with van der Waals surface area (Å²) >= 11 is 0. The lowest BCUT2D eigenvalue weighted by Gasteiger charge is -2.23. The van der Waals surface area contributed by atoms with Crippen molar-refractivity contribution >= 4 is 23.2 Å². The van der Waals surface area contributed by atoms with Crippen molar-refractivity contribution < 1.29 is 23.1 Å². The molecule has 138 valence electrons. The zero-order valence-electron chi connectivity index (χ0n) is 14.7. The van der Waals surface area contributed by atoms with Crippen molar-refractivity contribution in [3.05, 3.63) is 54.1 Å². The molecule has 0 saturated carbocycles. The van der Waals surface area contributed by atoms with Crippen LogP contribution in [0.2, 0.25) is 0 Å². The van der Waals surface area contributed by atoms with Crippen LogP contribution in [-0.4, -0.2) is 18.4 Å². The maximum Gasteiger partial charge on any atom is 0.239 e. The summed E-state index contributed by atoms with van der Waals surface area (Å²) < 4.78 is 32.1. The van der Waals surface area contributed by atoms with Crippen molar-refractivity contribution in [3.63, 3.8) is 0 Å². The Morgan fingerprint density at radius 1 is 1.00 bits per heavy atom. The van der Waals surface area contributed by atoms with Gasteiger partial charge < -0.3 is 15.4 Å². The van der Waals surface area contributed by atoms with Gasteiger partial charge in [-0.2, -0.15) is 0 Å². The van der Waals surface area contributed by atoms with E-state index < -0.39 is 28.9 Å². The van der Waals surface area contributed by atoms with Crippen LogP contribution in [0, 0.1) is 17.0 Å². The molecule has 0 atom stereocenters. The Bertz CT molecular complexity index is 822. The lowest BCUT2D eigenvalue weighted by atomic mass is 9.90. The molecule has 2 aromatic rings. The molecule has 0 aliphatic rings. The largest absolute Gasteiger partial charge is 0.492 e. The highest BCUT2D eigenvalue weighted by Crippen LogP contribution is 2.27. The first-order valence-corrected chi connectivity index (χ1v) is 8.05. The lowest BCUT2D eigenvalue weighted by molar-refractivity contribution is -0.135. The third-order valence-corrected chi connectivity index (χ3v) is 3.75. The second-order valence-electron chi connectivity index (χ2n) is 6.09. The van der Waals surface area contributed by atoms with Gasteiger partial charge in [0.1, 0.15) is 22.8 Å². The van der Waals surface area contributed by atoms with Crippen molar-refractivity contribution in [2.45, 2.75) is 20.8 Å². The molecule has 2 amide bonds. The number of carbonyl (C=O) groups is 2. The van der Waals surface area contributed by atoms with E-state index in [1.54, 1.807) is 24.3 Å². The number of rotatable bonds is 6. The topological polar surface area (TPSA) is 67.4 Å². The Morgan fingerprint density at radius 3 is 2.23 bits per heavy atom. The summed E-state index contributed by atoms with van der Waals surface area (Å²) in [6, 6.07) is 9.59. The summed E-state index contributed by atoms with van der Waals surface area (Å²) in [5, 5.41) is 4.96. The number of benzene rings is 2. The minimum absolute atomic E-state index is 0.202. The van der Waals surface area contributed by atoms with E-state index in [4.69, 9.17) is 4.74 Å². The molecule has 7 heteroatoms. The highest BCUT2D eigenvalue weighted by atomic mass is 19.1. The predicted octanol–water partition coefficient (Wildman–Crippen LogP) is 3.97. The van der Waals surface area contributed by atoms with Crippen molar-refractivity contribution in [1.29, 1.82) is 0 Å². The monoisotopic (exact) mass is 362 g/mol. The van der Waals surface area contributed by atoms with E-state index in [1.807, 2.05) is 6.92 Å². The molecule has 0 bridgehead atoms. The van der Waals surface area contributed by atoms with Crippen LogP contribution in [0.1, 0.15) is 20.8 Å². The van der Waals surface area contributed by atoms with E-state index in [0.29, 0.717) is 24.1 Å². The van der Waals surface area contributed by atoms with E-state index in [0.717, 1.165) is 12.1 Å². The highest BCUT2D eigenvalue weighted by Gasteiger charge is 2.37. The number of para-hydroxylation sites is 2. The molecule has 26 heavy (non-hydrogen) atoms. The molecule has 0 fully saturated rings. The van der Waals surface area contributed by atoms with Gasteiger partial charge in [-0.15, -0.1) is 0 Å². The van der Waals surface area contributed by atoms with E-state index in [9.17, 15) is 18.4 Å². The maximum atomic E-state index is 13.7. The fraction of sp³-hybridized carbons (Fsp3) is 0.263. The summed E-state index contributed by atoms with van der Waals surface area (Å²) in [4.78, 5) is 25.0. The number of ether oxygens (including phenoxy) is 1. The molecule has 2 rings (SSSR count). The predicted molar refractivity (Wildman–Crippen MR) is 95.0 cm³/mol. The number of hydrogen-bond acceptors (Lipinski definition) is 3. The Labute approximate surface area is 150 Å². The zero-order chi connectivity index (χ0) is 19.3. The molecular formula is C19H20F2N2O3. The van der Waals surface area contributed by atoms with Crippen LogP contribution in [0.5, 0.6) is 5.75 Å². The fourth-order valence-electron chi connectivity index (χ4n) is 2.10. The van der Waals surface area contributed by atoms with E-state index in [1.165, 1.54) is 13.8 Å². The summed E-state index contributed by atoms with van der Waals surface area (Å²) in [7, 11) is 0. The molecule has 2 N–H and O–H groups in total. The zero-order valence-corrected chi connectivity index (χ0v) is 14.7. The Kier molecular flexibility index (Phi) is 5.92. The molecule has 0 aromatic heterocycles. The third kappa shape index (κ3) is 4.36. The van der Waals surface area contributed by atoms with Crippen LogP contribution in [-0.2, 0) is 9.59 Å². The summed E-state index contributed by atoms with van der Waals surface area (Å²) in [5.41, 5.74) is -1.29. The molecular weight excluding hydrogens is 342 g/mol. The molecule has 0 aliphatic heterocycles. The summed E-state index contributed by atoms with van der Waals surface area (Å²) in [6.45, 7) is 5.04. The summed E-state index contributed by atoms with van der Waals surface area (Å²) in [5.74, 6) is -2.52. The van der Waals surface area contributed by atoms with Gasteiger partial charge in [0.2, 0.25) is 11.8 Å². The Balaban J connectivity index is 2.15. The smallest absolute Gasteiger partial charge is 0.239 e. The van der Waals surface area contributed by atoms with Gasteiger partial charge in [0.15, 0.2) is 0 Å². The first-order chi connectivity index (χ1) is 12.3. The van der Waals surface area contributed by atoms with Gasteiger partial charge in [-0.3, -0.25) is 9.59 Å². The highest BCUT2D eigenvalue weighted by molar-refractivity contribution is 6.14. The standard InChI is InChI=1S/C19H20F2N2O3/c1-4-26-16-8-6-5-7-15(16)23-18(25)19(2,3)17(24)22-14-10-9-12(20)11-13(14)21/h5-11H,4H2,1-3H3,(H,22,24)(H,23,25). The van der Waals surface area contributed by atoms with Gasteiger partial charge in [0.25, 0.3) is 0 Å². The van der Waals surface area contributed by atoms with Crippen LogP contribution < -0.4 is 15.4 Å². The van der Waals surface area contributed by atoms with Crippen molar-refractivity contribution in [1.82, 2.24) is 0 Å². The van der Waals surface area contributed by atoms with Gasteiger partial charge >= 0.3 is 0 Å². The number of amides is 2. The SMILES string of the molecule is CCOc1ccccc1NC(=O)C(C)(C)C(=O)Nc1ccc(F)cc1F. The summed E-state index contributed by atoms with van der Waals surface area (Å²) in [6.07, 6.45) is 0. The second-order valence-corrected chi connectivity index (χ2v) is 6.09. The van der Waals surface area contributed by atoms with Gasteiger partial charge in [0.05, 0.1) is 18.0 Å². The van der Waals surface area contributed by atoms with Crippen LogP contribution in [0.3, 0.4) is 0 Å². The molecule has 0 radical (unpaired) electrons. The van der Waals surface area contributed by atoms with Gasteiger partial charge in [-0.05, 0) is 45.0 Å². The molecule has 0 aliphatic carbocycles. The third-order valence-electron chi connectivity index (χ3n) is 3.75. The molecule has 0 saturated heterocycles. The first-order valence-electron chi connectivity index (χ1n) is 8.05. The number of halogens is 2. The maximum absolute atomic E-state index is 13.7. The average molecular weight is 362 g/mol. The van der Waals surface area contributed by atoms with Crippen LogP contribution >= 0.6 is 0 Å². The quantitative estimate of drug-likeness (QED) is 0.764. The van der Waals surface area contributed by atoms with Crippen molar-refractivity contribution in [2.24, 2.45) is 5.41 Å². The number of carbonyl (C=O) groups excluding carboxylic acids is 2. The number of hydrogen-bond donors (Lipinski definition) is 2.